The minimum Gasteiger partial charge on any atom is -0.375 e. The molecule has 3 heteroatoms. The summed E-state index contributed by atoms with van der Waals surface area (Å²) in [6.45, 7) is 10.9. The van der Waals surface area contributed by atoms with Crippen LogP contribution in [-0.4, -0.2) is 40.1 Å². The zero-order valence-electron chi connectivity index (χ0n) is 46.6. The summed E-state index contributed by atoms with van der Waals surface area (Å²) in [5.41, 5.74) is 11.9. The molecule has 15 unspecified atom stereocenters. The van der Waals surface area contributed by atoms with Crippen molar-refractivity contribution in [2.24, 2.45) is 70.5 Å². The Morgan fingerprint density at radius 3 is 2.29 bits per heavy atom. The van der Waals surface area contributed by atoms with Crippen molar-refractivity contribution < 1.29 is 4.74 Å². The van der Waals surface area contributed by atoms with Gasteiger partial charge >= 0.3 is 0 Å². The Labute approximate surface area is 455 Å². The van der Waals surface area contributed by atoms with Gasteiger partial charge in [-0.05, 0) is 231 Å². The maximum atomic E-state index is 7.05. The Hall–Kier alpha value is -3.66. The van der Waals surface area contributed by atoms with E-state index in [2.05, 4.69) is 133 Å². The molecule has 3 saturated carbocycles. The lowest BCUT2D eigenvalue weighted by atomic mass is 9.49. The fourth-order valence-electron chi connectivity index (χ4n) is 20.1. The molecule has 13 rings (SSSR count). The average Bonchev–Trinajstić information content (AvgIpc) is 4.04. The van der Waals surface area contributed by atoms with E-state index in [0.717, 1.165) is 60.7 Å². The molecule has 0 aromatic carbocycles. The van der Waals surface area contributed by atoms with Crippen LogP contribution in [-0.2, 0) is 4.74 Å². The van der Waals surface area contributed by atoms with E-state index < -0.39 is 0 Å². The molecule has 12 aliphatic carbocycles. The third kappa shape index (κ3) is 9.56. The van der Waals surface area contributed by atoms with Crippen LogP contribution in [0.25, 0.3) is 0 Å². The summed E-state index contributed by atoms with van der Waals surface area (Å²) in [5.74, 6) is 8.14. The van der Waals surface area contributed by atoms with E-state index in [1.54, 1.807) is 33.8 Å². The van der Waals surface area contributed by atoms with Gasteiger partial charge in [0.25, 0.3) is 0 Å². The second-order valence-corrected chi connectivity index (χ2v) is 26.9. The fraction of sp³-hybridized carbons (Fsp3) is 0.639. The molecule has 0 radical (unpaired) electrons. The molecule has 1 aliphatic heterocycles. The molecule has 0 amide bonds. The monoisotopic (exact) mass is 1000 g/mol. The number of rotatable bonds is 12. The summed E-state index contributed by atoms with van der Waals surface area (Å²) in [7, 11) is 0. The van der Waals surface area contributed by atoms with Crippen molar-refractivity contribution in [2.75, 3.05) is 0 Å². The summed E-state index contributed by atoms with van der Waals surface area (Å²) in [6.07, 6.45) is 80.1. The first-order chi connectivity index (χ1) is 37.0. The van der Waals surface area contributed by atoms with Crippen molar-refractivity contribution in [3.05, 3.63) is 156 Å². The van der Waals surface area contributed by atoms with E-state index in [0.29, 0.717) is 59.4 Å². The number of hydrogen-bond donors (Lipinski definition) is 0. The molecule has 400 valence electrons. The van der Waals surface area contributed by atoms with Crippen LogP contribution in [0.15, 0.2) is 156 Å². The lowest BCUT2D eigenvalue weighted by Crippen LogP contribution is -2.54. The Morgan fingerprint density at radius 2 is 1.55 bits per heavy atom. The Kier molecular flexibility index (Phi) is 15.1. The molecule has 1 heterocycles. The van der Waals surface area contributed by atoms with Gasteiger partial charge in [-0.2, -0.15) is 0 Å². The van der Waals surface area contributed by atoms with Gasteiger partial charge in [-0.3, -0.25) is 4.90 Å². The van der Waals surface area contributed by atoms with E-state index in [1.807, 2.05) is 0 Å². The highest BCUT2D eigenvalue weighted by molar-refractivity contribution is 5.50. The quantitative estimate of drug-likeness (QED) is 0.181. The molecule has 13 aliphatic rings. The normalized spacial score (nSPS) is 42.4. The van der Waals surface area contributed by atoms with Crippen LogP contribution in [0.3, 0.4) is 0 Å². The number of fused-ring (bicyclic) bond motifs is 5. The molecular weight excluding hydrogens is 909 g/mol. The maximum Gasteiger partial charge on any atom is 0.0616 e. The van der Waals surface area contributed by atoms with Crippen molar-refractivity contribution in [3.8, 4) is 0 Å². The largest absolute Gasteiger partial charge is 0.375 e. The van der Waals surface area contributed by atoms with Crippen LogP contribution in [0.4, 0.5) is 0 Å². The zero-order chi connectivity index (χ0) is 50.5. The topological polar surface area (TPSA) is 15.7 Å². The predicted octanol–water partition coefficient (Wildman–Crippen LogP) is 18.3. The van der Waals surface area contributed by atoms with Crippen molar-refractivity contribution >= 4 is 0 Å². The average molecular weight is 1010 g/mol. The highest BCUT2D eigenvalue weighted by Gasteiger charge is 2.66. The van der Waals surface area contributed by atoms with Gasteiger partial charge in [-0.1, -0.05) is 146 Å². The molecule has 0 spiro atoms. The summed E-state index contributed by atoms with van der Waals surface area (Å²) < 4.78 is 7.05. The zero-order valence-corrected chi connectivity index (χ0v) is 46.6. The summed E-state index contributed by atoms with van der Waals surface area (Å²) >= 11 is 0. The molecule has 0 N–H and O–H groups in total. The van der Waals surface area contributed by atoms with E-state index in [1.165, 1.54) is 166 Å². The van der Waals surface area contributed by atoms with Gasteiger partial charge in [0.15, 0.2) is 0 Å². The van der Waals surface area contributed by atoms with Crippen LogP contribution < -0.4 is 0 Å². The summed E-state index contributed by atoms with van der Waals surface area (Å²) in [6, 6.07) is 1.63. The molecule has 0 bridgehead atoms. The van der Waals surface area contributed by atoms with Gasteiger partial charge in [0.1, 0.15) is 0 Å². The van der Waals surface area contributed by atoms with Crippen molar-refractivity contribution in [2.45, 2.75) is 217 Å². The Morgan fingerprint density at radius 1 is 0.627 bits per heavy atom. The number of ether oxygens (including phenoxy) is 1. The molecule has 0 aromatic heterocycles. The smallest absolute Gasteiger partial charge is 0.0616 e. The lowest BCUT2D eigenvalue weighted by Gasteiger charge is -2.57. The third-order valence-corrected chi connectivity index (χ3v) is 23.5. The molecule has 0 saturated heterocycles. The minimum atomic E-state index is 0.397. The first kappa shape index (κ1) is 50.8. The summed E-state index contributed by atoms with van der Waals surface area (Å²) in [5, 5.41) is 0. The highest BCUT2D eigenvalue weighted by atomic mass is 16.5. The molecule has 3 nitrogen and oxygen atoms in total. The van der Waals surface area contributed by atoms with Crippen molar-refractivity contribution in [1.82, 2.24) is 9.80 Å². The van der Waals surface area contributed by atoms with E-state index in [-0.39, 0.29) is 0 Å². The molecule has 0 aromatic rings. The first-order valence-corrected chi connectivity index (χ1v) is 32.0. The van der Waals surface area contributed by atoms with Crippen LogP contribution in [0.1, 0.15) is 187 Å². The fourth-order valence-corrected chi connectivity index (χ4v) is 20.1. The third-order valence-electron chi connectivity index (χ3n) is 23.5. The van der Waals surface area contributed by atoms with Gasteiger partial charge in [-0.15, -0.1) is 6.58 Å². The van der Waals surface area contributed by atoms with Crippen molar-refractivity contribution in [1.29, 1.82) is 0 Å². The first-order valence-electron chi connectivity index (χ1n) is 32.0. The standard InChI is InChI=1S/C72H96N2O/c1-4-50-23-34-60(35-24-50)74-69-22-13-12-20-64(69)66-47-55(31-46-70(66)74)54-29-38-59(39-30-54)73(58-36-27-53(28-37-58)52-16-8-6-9-17-52)61-40-45-65-68(48-61)72(56-18-10-7-11-19-56,67-21-14-15-49(3)71(65)67)57-32-43-63(44-33-57)75-62-41-25-51(5-2)26-42-62/h4-10,16,22,25,27,29,34,38,40,45,47,49-50,52,54,56-59,61-65,67-68,71H,1-2,11-15,17-21,23-24,26,28,30-33,35-37,39,41-44,46,48H2,3H3. The van der Waals surface area contributed by atoms with Gasteiger partial charge in [-0.25, -0.2) is 0 Å². The number of hydrogen-bond acceptors (Lipinski definition) is 3. The van der Waals surface area contributed by atoms with Crippen molar-refractivity contribution in [3.63, 3.8) is 0 Å². The Balaban J connectivity index is 0.801. The molecule has 75 heavy (non-hydrogen) atoms. The van der Waals surface area contributed by atoms with Crippen LogP contribution in [0, 0.1) is 70.5 Å². The highest BCUT2D eigenvalue weighted by Crippen LogP contribution is 2.72. The number of nitrogens with zero attached hydrogens (tertiary/aromatic N) is 2. The van der Waals surface area contributed by atoms with E-state index >= 15 is 0 Å². The van der Waals surface area contributed by atoms with Gasteiger partial charge in [0.05, 0.1) is 12.2 Å². The molecule has 15 atom stereocenters. The second-order valence-electron chi connectivity index (χ2n) is 26.9. The van der Waals surface area contributed by atoms with Gasteiger partial charge in [0, 0.05) is 47.1 Å². The van der Waals surface area contributed by atoms with Crippen LogP contribution in [0.2, 0.25) is 0 Å². The second kappa shape index (κ2) is 22.2. The predicted molar refractivity (Wildman–Crippen MR) is 313 cm³/mol. The number of allylic oxidation sites excluding steroid dienone is 19. The summed E-state index contributed by atoms with van der Waals surface area (Å²) in [4.78, 5) is 6.00. The maximum absolute atomic E-state index is 7.05. The molecular formula is C72H96N2O. The molecule has 3 fully saturated rings. The van der Waals surface area contributed by atoms with Crippen LogP contribution in [0.5, 0.6) is 0 Å². The Bertz CT molecular complexity index is 2490. The van der Waals surface area contributed by atoms with Gasteiger partial charge in [0.2, 0.25) is 0 Å². The van der Waals surface area contributed by atoms with E-state index in [9.17, 15) is 0 Å². The van der Waals surface area contributed by atoms with E-state index in [4.69, 9.17) is 4.74 Å². The lowest BCUT2D eigenvalue weighted by molar-refractivity contribution is -0.0996. The SMILES string of the molecule is C=CC1=CCC(OC2CCC(C3(C4CC=CCC4)C4CC(N(C5C=CC(C6=CC7=C(CC6)N(C6=CCC(C=C)CC6)C6=CCCCC67)CC5)C5CC=C(C6C=CC=CC6)CC5)C=CC4C4C(C)CCCC43)CC2)CC1. The van der Waals surface area contributed by atoms with Crippen LogP contribution >= 0.6 is 0 Å². The van der Waals surface area contributed by atoms with Gasteiger partial charge < -0.3 is 9.64 Å². The minimum absolute atomic E-state index is 0.397.